The van der Waals surface area contributed by atoms with Crippen LogP contribution in [0.25, 0.3) is 0 Å². The lowest BCUT2D eigenvalue weighted by Gasteiger charge is -2.18. The number of aromatic nitrogens is 4. The normalized spacial score (nSPS) is 13.5. The molecule has 0 amide bonds. The Morgan fingerprint density at radius 2 is 2.21 bits per heavy atom. The summed E-state index contributed by atoms with van der Waals surface area (Å²) in [5.74, 6) is 0.786. The number of rotatable bonds is 5. The van der Waals surface area contributed by atoms with Gasteiger partial charge in [-0.3, -0.25) is 0 Å². The summed E-state index contributed by atoms with van der Waals surface area (Å²) in [5.41, 5.74) is 0. The summed E-state index contributed by atoms with van der Waals surface area (Å²) in [4.78, 5) is 3.62. The first-order valence-electron chi connectivity index (χ1n) is 4.66. The number of hydrogen-bond donors (Lipinski definition) is 1. The van der Waals surface area contributed by atoms with Crippen molar-refractivity contribution in [3.63, 3.8) is 0 Å². The fourth-order valence-electron chi connectivity index (χ4n) is 1.32. The lowest BCUT2D eigenvalue weighted by Crippen LogP contribution is -2.37. The molecule has 1 heterocycles. The van der Waals surface area contributed by atoms with Gasteiger partial charge in [-0.05, 0) is 26.4 Å². The first-order chi connectivity index (χ1) is 6.61. The van der Waals surface area contributed by atoms with Gasteiger partial charge in [0, 0.05) is 19.0 Å². The van der Waals surface area contributed by atoms with Crippen LogP contribution in [0.1, 0.15) is 5.82 Å². The number of nitrogens with zero attached hydrogens (tertiary/aromatic N) is 5. The van der Waals surface area contributed by atoms with E-state index in [9.17, 15) is 0 Å². The van der Waals surface area contributed by atoms with Crippen LogP contribution < -0.4 is 5.32 Å². The number of likely N-dealkylation sites (N-methyl/N-ethyl adjacent to an activating group) is 2. The van der Waals surface area contributed by atoms with Gasteiger partial charge in [-0.1, -0.05) is 0 Å². The smallest absolute Gasteiger partial charge is 0.176 e. The minimum atomic E-state index is 0.370. The van der Waals surface area contributed by atoms with Crippen LogP contribution in [0.3, 0.4) is 0 Å². The predicted octanol–water partition coefficient (Wildman–Crippen LogP) is -1.10. The molecule has 1 aromatic heterocycles. The summed E-state index contributed by atoms with van der Waals surface area (Å²) < 4.78 is 0. The zero-order valence-corrected chi connectivity index (χ0v) is 9.23. The molecule has 0 fully saturated rings. The van der Waals surface area contributed by atoms with Crippen LogP contribution in [-0.4, -0.2) is 58.8 Å². The summed E-state index contributed by atoms with van der Waals surface area (Å²) >= 11 is 0. The van der Waals surface area contributed by atoms with E-state index in [1.807, 2.05) is 7.05 Å². The van der Waals surface area contributed by atoms with Crippen molar-refractivity contribution in [3.05, 3.63) is 5.82 Å². The Morgan fingerprint density at radius 3 is 2.64 bits per heavy atom. The summed E-state index contributed by atoms with van der Waals surface area (Å²) in [6.45, 7) is 0.967. The second kappa shape index (κ2) is 5.02. The summed E-state index contributed by atoms with van der Waals surface area (Å²) in [5, 5.41) is 15.1. The molecule has 14 heavy (non-hydrogen) atoms. The molecule has 1 atom stereocenters. The molecule has 1 rings (SSSR count). The largest absolute Gasteiger partial charge is 0.315 e. The number of aryl methyl sites for hydroxylation is 1. The number of hydrogen-bond acceptors (Lipinski definition) is 5. The van der Waals surface area contributed by atoms with Gasteiger partial charge in [0.15, 0.2) is 5.82 Å². The Morgan fingerprint density at radius 1 is 1.50 bits per heavy atom. The first kappa shape index (κ1) is 11.1. The van der Waals surface area contributed by atoms with Crippen molar-refractivity contribution in [2.24, 2.45) is 7.05 Å². The van der Waals surface area contributed by atoms with Crippen LogP contribution >= 0.6 is 0 Å². The van der Waals surface area contributed by atoms with E-state index in [0.29, 0.717) is 6.04 Å². The Hall–Kier alpha value is -1.01. The van der Waals surface area contributed by atoms with Crippen LogP contribution in [0, 0.1) is 0 Å². The van der Waals surface area contributed by atoms with Crippen LogP contribution in [0.15, 0.2) is 0 Å². The summed E-state index contributed by atoms with van der Waals surface area (Å²) in [7, 11) is 7.82. The van der Waals surface area contributed by atoms with Gasteiger partial charge in [-0.2, -0.15) is 4.80 Å². The van der Waals surface area contributed by atoms with E-state index in [-0.39, 0.29) is 0 Å². The summed E-state index contributed by atoms with van der Waals surface area (Å²) in [6, 6.07) is 0.370. The predicted molar refractivity (Wildman–Crippen MR) is 53.9 cm³/mol. The molecule has 6 heteroatoms. The molecule has 0 aromatic carbocycles. The van der Waals surface area contributed by atoms with E-state index in [0.717, 1.165) is 18.8 Å². The maximum Gasteiger partial charge on any atom is 0.176 e. The Bertz CT molecular complexity index is 269. The second-order valence-electron chi connectivity index (χ2n) is 3.65. The topological polar surface area (TPSA) is 58.9 Å². The molecule has 0 spiro atoms. The molecule has 1 aromatic rings. The Balaban J connectivity index is 2.48. The third-order valence-electron chi connectivity index (χ3n) is 1.97. The molecule has 6 nitrogen and oxygen atoms in total. The van der Waals surface area contributed by atoms with Crippen molar-refractivity contribution in [1.29, 1.82) is 0 Å². The zero-order chi connectivity index (χ0) is 10.6. The third-order valence-corrected chi connectivity index (χ3v) is 1.97. The average Bonchev–Trinajstić information content (AvgIpc) is 2.49. The van der Waals surface area contributed by atoms with Crippen molar-refractivity contribution < 1.29 is 0 Å². The van der Waals surface area contributed by atoms with E-state index < -0.39 is 0 Å². The lowest BCUT2D eigenvalue weighted by atomic mass is 10.2. The lowest BCUT2D eigenvalue weighted by molar-refractivity contribution is 0.344. The molecule has 0 aliphatic rings. The van der Waals surface area contributed by atoms with Crippen LogP contribution in [0.4, 0.5) is 0 Å². The van der Waals surface area contributed by atoms with Gasteiger partial charge < -0.3 is 10.2 Å². The zero-order valence-electron chi connectivity index (χ0n) is 9.23. The van der Waals surface area contributed by atoms with Gasteiger partial charge in [0.1, 0.15) is 0 Å². The fourth-order valence-corrected chi connectivity index (χ4v) is 1.32. The molecular formula is C8H18N6. The molecule has 0 bridgehead atoms. The first-order valence-corrected chi connectivity index (χ1v) is 4.66. The SMILES string of the molecule is CNC(Cc1nnn(C)n1)CN(C)C. The van der Waals surface area contributed by atoms with E-state index in [2.05, 4.69) is 39.7 Å². The van der Waals surface area contributed by atoms with Crippen LogP contribution in [-0.2, 0) is 13.5 Å². The van der Waals surface area contributed by atoms with Gasteiger partial charge in [0.2, 0.25) is 0 Å². The van der Waals surface area contributed by atoms with Gasteiger partial charge in [0.05, 0.1) is 7.05 Å². The molecule has 0 aliphatic heterocycles. The van der Waals surface area contributed by atoms with Crippen LogP contribution in [0.2, 0.25) is 0 Å². The standard InChI is InChI=1S/C8H18N6/c1-9-7(6-13(2)3)5-8-10-12-14(4)11-8/h7,9H,5-6H2,1-4H3. The second-order valence-corrected chi connectivity index (χ2v) is 3.65. The minimum absolute atomic E-state index is 0.370. The van der Waals surface area contributed by atoms with Gasteiger partial charge >= 0.3 is 0 Å². The maximum absolute atomic E-state index is 4.14. The van der Waals surface area contributed by atoms with Gasteiger partial charge in [0.25, 0.3) is 0 Å². The molecule has 80 valence electrons. The highest BCUT2D eigenvalue weighted by atomic mass is 15.6. The molecule has 0 aliphatic carbocycles. The molecule has 0 saturated heterocycles. The molecular weight excluding hydrogens is 180 g/mol. The third kappa shape index (κ3) is 3.39. The Kier molecular flexibility index (Phi) is 3.97. The molecule has 1 unspecified atom stereocenters. The van der Waals surface area contributed by atoms with Crippen LogP contribution in [0.5, 0.6) is 0 Å². The monoisotopic (exact) mass is 198 g/mol. The van der Waals surface area contributed by atoms with Gasteiger partial charge in [-0.15, -0.1) is 10.2 Å². The maximum atomic E-state index is 4.14. The van der Waals surface area contributed by atoms with Crippen molar-refractivity contribution >= 4 is 0 Å². The number of tetrazole rings is 1. The molecule has 0 radical (unpaired) electrons. The highest BCUT2D eigenvalue weighted by Crippen LogP contribution is 1.95. The summed E-state index contributed by atoms with van der Waals surface area (Å²) in [6.07, 6.45) is 0.808. The quantitative estimate of drug-likeness (QED) is 0.651. The molecule has 0 saturated carbocycles. The number of nitrogens with one attached hydrogen (secondary N) is 1. The van der Waals surface area contributed by atoms with Gasteiger partial charge in [-0.25, -0.2) is 0 Å². The van der Waals surface area contributed by atoms with E-state index in [1.165, 1.54) is 4.80 Å². The van der Waals surface area contributed by atoms with E-state index in [4.69, 9.17) is 0 Å². The minimum Gasteiger partial charge on any atom is -0.315 e. The van der Waals surface area contributed by atoms with Crippen molar-refractivity contribution in [2.45, 2.75) is 12.5 Å². The van der Waals surface area contributed by atoms with Crippen molar-refractivity contribution in [2.75, 3.05) is 27.7 Å². The molecule has 1 N–H and O–H groups in total. The van der Waals surface area contributed by atoms with E-state index >= 15 is 0 Å². The fraction of sp³-hybridized carbons (Fsp3) is 0.875. The highest BCUT2D eigenvalue weighted by molar-refractivity contribution is 4.84. The average molecular weight is 198 g/mol. The van der Waals surface area contributed by atoms with E-state index in [1.54, 1.807) is 7.05 Å². The Labute approximate surface area is 84.3 Å². The highest BCUT2D eigenvalue weighted by Gasteiger charge is 2.11. The van der Waals surface area contributed by atoms with Crippen molar-refractivity contribution in [1.82, 2.24) is 30.4 Å². The van der Waals surface area contributed by atoms with Crippen molar-refractivity contribution in [3.8, 4) is 0 Å².